The third-order valence-electron chi connectivity index (χ3n) is 5.08. The van der Waals surface area contributed by atoms with Gasteiger partial charge in [0.05, 0.1) is 41.1 Å². The summed E-state index contributed by atoms with van der Waals surface area (Å²) in [4.78, 5) is 30.8. The standard InChI is InChI=1S/C25H19ClN4O3S/c1-15-11-21(22(33-2)12-19(15)26)30-24(32)18-5-3-4-6-20(18)29-25(30)34-14-23(31)28-17-9-7-16(13-27)8-10-17/h3-12H,14H2,1-2H3,(H,28,31). The second-order valence-electron chi connectivity index (χ2n) is 7.35. The number of benzene rings is 3. The maximum atomic E-state index is 13.5. The van der Waals surface area contributed by atoms with Gasteiger partial charge in [-0.3, -0.25) is 14.2 Å². The predicted octanol–water partition coefficient (Wildman–Crippen LogP) is 4.96. The van der Waals surface area contributed by atoms with Gasteiger partial charge in [0.1, 0.15) is 5.75 Å². The Morgan fingerprint density at radius 1 is 1.21 bits per heavy atom. The Labute approximate surface area is 205 Å². The molecule has 0 saturated heterocycles. The van der Waals surface area contributed by atoms with E-state index in [1.807, 2.05) is 13.0 Å². The van der Waals surface area contributed by atoms with Gasteiger partial charge in [0.25, 0.3) is 5.56 Å². The lowest BCUT2D eigenvalue weighted by molar-refractivity contribution is -0.113. The molecule has 3 aromatic carbocycles. The second kappa shape index (κ2) is 10.00. The van der Waals surface area contributed by atoms with Crippen LogP contribution < -0.4 is 15.6 Å². The first-order chi connectivity index (χ1) is 16.4. The van der Waals surface area contributed by atoms with Crippen LogP contribution in [0.5, 0.6) is 5.75 Å². The van der Waals surface area contributed by atoms with Crippen LogP contribution in [0.2, 0.25) is 5.02 Å². The van der Waals surface area contributed by atoms with Crippen molar-refractivity contribution in [3.63, 3.8) is 0 Å². The number of thioether (sulfide) groups is 1. The van der Waals surface area contributed by atoms with Gasteiger partial charge in [-0.25, -0.2) is 4.98 Å². The van der Waals surface area contributed by atoms with Crippen molar-refractivity contribution in [1.82, 2.24) is 9.55 Å². The molecule has 4 rings (SSSR count). The highest BCUT2D eigenvalue weighted by Crippen LogP contribution is 2.32. The third-order valence-corrected chi connectivity index (χ3v) is 6.42. The fraction of sp³-hybridized carbons (Fsp3) is 0.120. The first kappa shape index (κ1) is 23.4. The van der Waals surface area contributed by atoms with Gasteiger partial charge in [-0.1, -0.05) is 35.5 Å². The smallest absolute Gasteiger partial charge is 0.266 e. The minimum absolute atomic E-state index is 0.0136. The Kier molecular flexibility index (Phi) is 6.87. The molecular weight excluding hydrogens is 472 g/mol. The highest BCUT2D eigenvalue weighted by Gasteiger charge is 2.19. The summed E-state index contributed by atoms with van der Waals surface area (Å²) in [5, 5.41) is 13.0. The van der Waals surface area contributed by atoms with E-state index in [-0.39, 0.29) is 17.2 Å². The van der Waals surface area contributed by atoms with Crippen LogP contribution in [-0.4, -0.2) is 28.3 Å². The van der Waals surface area contributed by atoms with Gasteiger partial charge in [-0.05, 0) is 55.0 Å². The topological polar surface area (TPSA) is 97.0 Å². The molecule has 1 aromatic heterocycles. The van der Waals surface area contributed by atoms with Crippen molar-refractivity contribution in [1.29, 1.82) is 5.26 Å². The zero-order chi connectivity index (χ0) is 24.2. The number of para-hydroxylation sites is 1. The number of fused-ring (bicyclic) bond motifs is 1. The Morgan fingerprint density at radius 3 is 2.65 bits per heavy atom. The Bertz CT molecular complexity index is 1490. The number of aryl methyl sites for hydroxylation is 1. The number of methoxy groups -OCH3 is 1. The Hall–Kier alpha value is -3.80. The van der Waals surface area contributed by atoms with Crippen LogP contribution in [0.15, 0.2) is 70.6 Å². The van der Waals surface area contributed by atoms with Gasteiger partial charge < -0.3 is 10.1 Å². The number of carbonyl (C=O) groups is 1. The largest absolute Gasteiger partial charge is 0.495 e. The summed E-state index contributed by atoms with van der Waals surface area (Å²) < 4.78 is 6.95. The van der Waals surface area contributed by atoms with E-state index in [1.54, 1.807) is 60.7 Å². The maximum absolute atomic E-state index is 13.5. The molecule has 0 saturated carbocycles. The number of carbonyl (C=O) groups excluding carboxylic acids is 1. The minimum Gasteiger partial charge on any atom is -0.495 e. The van der Waals surface area contributed by atoms with Crippen molar-refractivity contribution in [2.45, 2.75) is 12.1 Å². The van der Waals surface area contributed by atoms with Crippen LogP contribution in [-0.2, 0) is 4.79 Å². The van der Waals surface area contributed by atoms with Crippen LogP contribution in [0.25, 0.3) is 16.6 Å². The number of anilines is 1. The van der Waals surface area contributed by atoms with Crippen molar-refractivity contribution in [3.8, 4) is 17.5 Å². The predicted molar refractivity (Wildman–Crippen MR) is 134 cm³/mol. The molecule has 0 fully saturated rings. The lowest BCUT2D eigenvalue weighted by Crippen LogP contribution is -2.23. The number of amides is 1. The van der Waals surface area contributed by atoms with E-state index in [9.17, 15) is 9.59 Å². The molecule has 0 aliphatic carbocycles. The summed E-state index contributed by atoms with van der Waals surface area (Å²) in [5.41, 5.74) is 2.59. The SMILES string of the molecule is COc1cc(Cl)c(C)cc1-n1c(SCC(=O)Nc2ccc(C#N)cc2)nc2ccccc2c1=O. The van der Waals surface area contributed by atoms with Gasteiger partial charge in [0.15, 0.2) is 5.16 Å². The fourth-order valence-electron chi connectivity index (χ4n) is 3.36. The van der Waals surface area contributed by atoms with E-state index in [0.717, 1.165) is 17.3 Å². The van der Waals surface area contributed by atoms with Gasteiger partial charge in [0, 0.05) is 16.8 Å². The number of hydrogen-bond donors (Lipinski definition) is 1. The highest BCUT2D eigenvalue weighted by atomic mass is 35.5. The van der Waals surface area contributed by atoms with E-state index in [1.165, 1.54) is 11.7 Å². The molecule has 34 heavy (non-hydrogen) atoms. The fourth-order valence-corrected chi connectivity index (χ4v) is 4.32. The maximum Gasteiger partial charge on any atom is 0.266 e. The van der Waals surface area contributed by atoms with Crippen molar-refractivity contribution < 1.29 is 9.53 Å². The van der Waals surface area contributed by atoms with Gasteiger partial charge in [-0.2, -0.15) is 5.26 Å². The molecule has 0 radical (unpaired) electrons. The lowest BCUT2D eigenvalue weighted by atomic mass is 10.2. The van der Waals surface area contributed by atoms with Gasteiger partial charge >= 0.3 is 0 Å². The molecule has 1 N–H and O–H groups in total. The van der Waals surface area contributed by atoms with Crippen molar-refractivity contribution in [2.75, 3.05) is 18.2 Å². The molecule has 0 unspecified atom stereocenters. The molecular formula is C25H19ClN4O3S. The summed E-state index contributed by atoms with van der Waals surface area (Å²) in [5.74, 6) is 0.154. The number of ether oxygens (including phenoxy) is 1. The molecule has 7 nitrogen and oxygen atoms in total. The van der Waals surface area contributed by atoms with E-state index in [0.29, 0.717) is 43.8 Å². The monoisotopic (exact) mass is 490 g/mol. The van der Waals surface area contributed by atoms with Crippen molar-refractivity contribution in [3.05, 3.63) is 87.2 Å². The normalized spacial score (nSPS) is 10.6. The third kappa shape index (κ3) is 4.76. The van der Waals surface area contributed by atoms with Gasteiger partial charge in [-0.15, -0.1) is 0 Å². The van der Waals surface area contributed by atoms with E-state index < -0.39 is 0 Å². The van der Waals surface area contributed by atoms with E-state index >= 15 is 0 Å². The first-order valence-electron chi connectivity index (χ1n) is 10.2. The Morgan fingerprint density at radius 2 is 1.94 bits per heavy atom. The minimum atomic E-state index is -0.277. The molecule has 9 heteroatoms. The quantitative estimate of drug-likeness (QED) is 0.303. The molecule has 0 atom stereocenters. The zero-order valence-corrected chi connectivity index (χ0v) is 19.9. The molecule has 0 bridgehead atoms. The van der Waals surface area contributed by atoms with Crippen LogP contribution in [0.4, 0.5) is 5.69 Å². The van der Waals surface area contributed by atoms with E-state index in [2.05, 4.69) is 10.3 Å². The average Bonchev–Trinajstić information content (AvgIpc) is 2.85. The van der Waals surface area contributed by atoms with Crippen LogP contribution in [0.1, 0.15) is 11.1 Å². The number of nitriles is 1. The first-order valence-corrected chi connectivity index (χ1v) is 11.6. The molecule has 0 aliphatic rings. The number of nitrogens with zero attached hydrogens (tertiary/aromatic N) is 3. The average molecular weight is 491 g/mol. The number of rotatable bonds is 6. The number of hydrogen-bond acceptors (Lipinski definition) is 6. The molecule has 1 heterocycles. The van der Waals surface area contributed by atoms with Crippen LogP contribution in [0.3, 0.4) is 0 Å². The summed E-state index contributed by atoms with van der Waals surface area (Å²) in [6, 6.07) is 19.1. The molecule has 0 aliphatic heterocycles. The van der Waals surface area contributed by atoms with E-state index in [4.69, 9.17) is 21.6 Å². The number of aromatic nitrogens is 2. The summed E-state index contributed by atoms with van der Waals surface area (Å²) >= 11 is 7.40. The Balaban J connectivity index is 1.72. The lowest BCUT2D eigenvalue weighted by Gasteiger charge is -2.17. The highest BCUT2D eigenvalue weighted by molar-refractivity contribution is 7.99. The summed E-state index contributed by atoms with van der Waals surface area (Å²) in [7, 11) is 1.50. The van der Waals surface area contributed by atoms with Crippen molar-refractivity contribution >= 4 is 45.9 Å². The van der Waals surface area contributed by atoms with Gasteiger partial charge in [0.2, 0.25) is 5.91 Å². The summed E-state index contributed by atoms with van der Waals surface area (Å²) in [6.45, 7) is 1.84. The molecule has 0 spiro atoms. The number of nitrogens with one attached hydrogen (secondary N) is 1. The summed E-state index contributed by atoms with van der Waals surface area (Å²) in [6.07, 6.45) is 0. The number of halogens is 1. The van der Waals surface area contributed by atoms with Crippen LogP contribution >= 0.6 is 23.4 Å². The van der Waals surface area contributed by atoms with Crippen LogP contribution in [0, 0.1) is 18.3 Å². The zero-order valence-electron chi connectivity index (χ0n) is 18.3. The molecule has 170 valence electrons. The molecule has 1 amide bonds. The van der Waals surface area contributed by atoms with Crippen molar-refractivity contribution in [2.24, 2.45) is 0 Å². The molecule has 4 aromatic rings. The second-order valence-corrected chi connectivity index (χ2v) is 8.70.